The molecule has 0 aromatic carbocycles. The molecule has 0 radical (unpaired) electrons. The lowest BCUT2D eigenvalue weighted by atomic mass is 10.4. The average molecular weight is 255 g/mol. The summed E-state index contributed by atoms with van der Waals surface area (Å²) in [5.41, 5.74) is -0.626. The third-order valence-electron chi connectivity index (χ3n) is 2.52. The van der Waals surface area contributed by atoms with Gasteiger partial charge in [0.25, 0.3) is 5.69 Å². The smallest absolute Gasteiger partial charge is 0.352 e. The number of carbonyl (C=O) groups excluding carboxylic acids is 1. The van der Waals surface area contributed by atoms with E-state index in [4.69, 9.17) is 5.11 Å². The van der Waals surface area contributed by atoms with Crippen LogP contribution in [-0.2, 0) is 11.3 Å². The standard InChI is InChI=1S/C10H13N3O5/c1-3-11(2)9(14)6-12-5-7(13(17)18)4-8(12)10(15)16/h4-5H,3,6H2,1-2H3,(H,15,16). The van der Waals surface area contributed by atoms with Gasteiger partial charge in [-0.3, -0.25) is 14.9 Å². The van der Waals surface area contributed by atoms with Gasteiger partial charge >= 0.3 is 5.97 Å². The largest absolute Gasteiger partial charge is 0.477 e. The molecular formula is C10H13N3O5. The Morgan fingerprint density at radius 1 is 1.56 bits per heavy atom. The van der Waals surface area contributed by atoms with E-state index >= 15 is 0 Å². The van der Waals surface area contributed by atoms with E-state index in [2.05, 4.69) is 0 Å². The van der Waals surface area contributed by atoms with Crippen LogP contribution in [-0.4, -0.2) is 45.0 Å². The number of carboxylic acid groups (broad SMARTS) is 1. The third kappa shape index (κ3) is 2.84. The molecule has 8 heteroatoms. The molecule has 1 heterocycles. The molecular weight excluding hydrogens is 242 g/mol. The van der Waals surface area contributed by atoms with Crippen LogP contribution in [0, 0.1) is 10.1 Å². The summed E-state index contributed by atoms with van der Waals surface area (Å²) >= 11 is 0. The fraction of sp³-hybridized carbons (Fsp3) is 0.400. The summed E-state index contributed by atoms with van der Waals surface area (Å²) in [6, 6.07) is 0.932. The summed E-state index contributed by atoms with van der Waals surface area (Å²) in [6.07, 6.45) is 1.05. The molecule has 8 nitrogen and oxygen atoms in total. The molecule has 1 N–H and O–H groups in total. The Labute approximate surface area is 103 Å². The molecule has 0 bridgehead atoms. The number of rotatable bonds is 5. The van der Waals surface area contributed by atoms with Gasteiger partial charge in [0.2, 0.25) is 5.91 Å². The Balaban J connectivity index is 3.04. The maximum absolute atomic E-state index is 11.6. The quantitative estimate of drug-likeness (QED) is 0.611. The second kappa shape index (κ2) is 5.30. The molecule has 0 aliphatic carbocycles. The van der Waals surface area contributed by atoms with Crippen molar-refractivity contribution in [2.45, 2.75) is 13.5 Å². The van der Waals surface area contributed by atoms with Crippen molar-refractivity contribution in [2.75, 3.05) is 13.6 Å². The second-order valence-electron chi connectivity index (χ2n) is 3.68. The summed E-state index contributed by atoms with van der Waals surface area (Å²) in [4.78, 5) is 33.8. The van der Waals surface area contributed by atoms with Gasteiger partial charge in [-0.1, -0.05) is 0 Å². The summed E-state index contributed by atoms with van der Waals surface area (Å²) in [5, 5.41) is 19.5. The number of carbonyl (C=O) groups is 2. The second-order valence-corrected chi connectivity index (χ2v) is 3.68. The molecule has 0 unspecified atom stereocenters. The molecule has 1 aromatic heterocycles. The van der Waals surface area contributed by atoms with E-state index in [1.54, 1.807) is 14.0 Å². The molecule has 0 spiro atoms. The Kier molecular flexibility index (Phi) is 4.03. The summed E-state index contributed by atoms with van der Waals surface area (Å²) in [5.74, 6) is -1.62. The van der Waals surface area contributed by atoms with Gasteiger partial charge in [-0.05, 0) is 6.92 Å². The number of hydrogen-bond acceptors (Lipinski definition) is 4. The van der Waals surface area contributed by atoms with Gasteiger partial charge < -0.3 is 14.6 Å². The van der Waals surface area contributed by atoms with Gasteiger partial charge in [0.05, 0.1) is 11.1 Å². The minimum atomic E-state index is -1.31. The zero-order valence-corrected chi connectivity index (χ0v) is 9.99. The summed E-state index contributed by atoms with van der Waals surface area (Å²) in [6.45, 7) is 2.01. The molecule has 1 amide bonds. The molecule has 18 heavy (non-hydrogen) atoms. The van der Waals surface area contributed by atoms with Crippen molar-refractivity contribution in [1.29, 1.82) is 0 Å². The van der Waals surface area contributed by atoms with Crippen molar-refractivity contribution < 1.29 is 19.6 Å². The Bertz CT molecular complexity index is 494. The van der Waals surface area contributed by atoms with Crippen molar-refractivity contribution in [2.24, 2.45) is 0 Å². The van der Waals surface area contributed by atoms with Gasteiger partial charge in [-0.2, -0.15) is 0 Å². The molecule has 0 aliphatic heterocycles. The van der Waals surface area contributed by atoms with Gasteiger partial charge in [0.15, 0.2) is 0 Å². The zero-order chi connectivity index (χ0) is 13.9. The highest BCUT2D eigenvalue weighted by Gasteiger charge is 2.20. The number of aromatic nitrogens is 1. The minimum Gasteiger partial charge on any atom is -0.477 e. The summed E-state index contributed by atoms with van der Waals surface area (Å²) < 4.78 is 1.06. The van der Waals surface area contributed by atoms with Crippen LogP contribution in [0.2, 0.25) is 0 Å². The molecule has 1 aromatic rings. The van der Waals surface area contributed by atoms with Gasteiger partial charge in [0, 0.05) is 19.7 Å². The number of likely N-dealkylation sites (N-methyl/N-ethyl adjacent to an activating group) is 1. The minimum absolute atomic E-state index is 0.236. The van der Waals surface area contributed by atoms with Crippen molar-refractivity contribution >= 4 is 17.6 Å². The van der Waals surface area contributed by atoms with Crippen molar-refractivity contribution in [3.8, 4) is 0 Å². The Hall–Kier alpha value is -2.38. The van der Waals surface area contributed by atoms with E-state index in [0.717, 1.165) is 16.8 Å². The van der Waals surface area contributed by atoms with E-state index < -0.39 is 10.9 Å². The number of amides is 1. The predicted octanol–water partition coefficient (Wildman–Crippen LogP) is 0.573. The first kappa shape index (κ1) is 13.7. The monoisotopic (exact) mass is 255 g/mol. The number of hydrogen-bond donors (Lipinski definition) is 1. The molecule has 0 saturated heterocycles. The van der Waals surface area contributed by atoms with E-state index in [1.165, 1.54) is 4.90 Å². The lowest BCUT2D eigenvalue weighted by molar-refractivity contribution is -0.384. The first-order valence-corrected chi connectivity index (χ1v) is 5.18. The van der Waals surface area contributed by atoms with Crippen LogP contribution in [0.4, 0.5) is 5.69 Å². The first-order chi connectivity index (χ1) is 8.36. The van der Waals surface area contributed by atoms with E-state index in [1.807, 2.05) is 0 Å². The lowest BCUT2D eigenvalue weighted by Crippen LogP contribution is -2.30. The maximum atomic E-state index is 11.6. The Morgan fingerprint density at radius 3 is 2.61 bits per heavy atom. The van der Waals surface area contributed by atoms with E-state index in [-0.39, 0.29) is 23.8 Å². The molecule has 0 saturated carbocycles. The van der Waals surface area contributed by atoms with Crippen LogP contribution < -0.4 is 0 Å². The van der Waals surface area contributed by atoms with Gasteiger partial charge in [0.1, 0.15) is 12.2 Å². The third-order valence-corrected chi connectivity index (χ3v) is 2.52. The molecule has 1 rings (SSSR count). The highest BCUT2D eigenvalue weighted by molar-refractivity contribution is 5.88. The predicted molar refractivity (Wildman–Crippen MR) is 61.4 cm³/mol. The zero-order valence-electron chi connectivity index (χ0n) is 9.99. The molecule has 0 fully saturated rings. The van der Waals surface area contributed by atoms with Crippen LogP contribution in [0.1, 0.15) is 17.4 Å². The van der Waals surface area contributed by atoms with E-state index in [9.17, 15) is 19.7 Å². The summed E-state index contributed by atoms with van der Waals surface area (Å²) in [7, 11) is 1.57. The van der Waals surface area contributed by atoms with Gasteiger partial charge in [-0.15, -0.1) is 0 Å². The number of carboxylic acids is 1. The Morgan fingerprint density at radius 2 is 2.17 bits per heavy atom. The van der Waals surface area contributed by atoms with Crippen molar-refractivity contribution in [3.63, 3.8) is 0 Å². The SMILES string of the molecule is CCN(C)C(=O)Cn1cc([N+](=O)[O-])cc1C(=O)O. The highest BCUT2D eigenvalue weighted by atomic mass is 16.6. The van der Waals surface area contributed by atoms with Crippen LogP contribution in [0.5, 0.6) is 0 Å². The number of aromatic carboxylic acids is 1. The molecule has 0 aliphatic rings. The normalized spacial score (nSPS) is 10.1. The average Bonchev–Trinajstić information content (AvgIpc) is 2.72. The topological polar surface area (TPSA) is 106 Å². The maximum Gasteiger partial charge on any atom is 0.352 e. The number of nitrogens with zero attached hydrogens (tertiary/aromatic N) is 3. The van der Waals surface area contributed by atoms with Crippen LogP contribution >= 0.6 is 0 Å². The van der Waals surface area contributed by atoms with Crippen LogP contribution in [0.25, 0.3) is 0 Å². The van der Waals surface area contributed by atoms with Gasteiger partial charge in [-0.25, -0.2) is 4.79 Å². The number of nitro groups is 1. The van der Waals surface area contributed by atoms with Crippen molar-refractivity contribution in [3.05, 3.63) is 28.1 Å². The lowest BCUT2D eigenvalue weighted by Gasteiger charge is -2.15. The fourth-order valence-electron chi connectivity index (χ4n) is 1.35. The fourth-order valence-corrected chi connectivity index (χ4v) is 1.35. The van der Waals surface area contributed by atoms with Crippen LogP contribution in [0.15, 0.2) is 12.3 Å². The van der Waals surface area contributed by atoms with Crippen LogP contribution in [0.3, 0.4) is 0 Å². The van der Waals surface area contributed by atoms with E-state index in [0.29, 0.717) is 6.54 Å². The molecule has 0 atom stereocenters. The first-order valence-electron chi connectivity index (χ1n) is 5.18. The van der Waals surface area contributed by atoms with Crippen molar-refractivity contribution in [1.82, 2.24) is 9.47 Å². The highest BCUT2D eigenvalue weighted by Crippen LogP contribution is 2.16. The molecule has 98 valence electrons.